The lowest BCUT2D eigenvalue weighted by atomic mass is 10.6. The molecule has 0 aliphatic rings. The van der Waals surface area contributed by atoms with Crippen LogP contribution in [0.1, 0.15) is 6.92 Å². The summed E-state index contributed by atoms with van der Waals surface area (Å²) < 4.78 is 4.56. The maximum atomic E-state index is 10.3. The van der Waals surface area contributed by atoms with Crippen molar-refractivity contribution < 1.29 is 9.53 Å². The van der Waals surface area contributed by atoms with Crippen molar-refractivity contribution in [3.8, 4) is 0 Å². The zero-order valence-electron chi connectivity index (χ0n) is 4.56. The van der Waals surface area contributed by atoms with Crippen LogP contribution in [0.25, 0.3) is 0 Å². The molecule has 0 fully saturated rings. The monoisotopic (exact) mass is 178 g/mol. The molecule has 2 nitrogen and oxygen atoms in total. The smallest absolute Gasteiger partial charge is 0.331 e. The van der Waals surface area contributed by atoms with Gasteiger partial charge in [-0.1, -0.05) is 6.58 Å². The fourth-order valence-corrected chi connectivity index (χ4v) is 0.392. The number of hydrogen-bond acceptors (Lipinski definition) is 2. The third kappa shape index (κ3) is 3.87. The van der Waals surface area contributed by atoms with Gasteiger partial charge >= 0.3 is 5.97 Å². The highest BCUT2D eigenvalue weighted by Gasteiger charge is 1.98. The summed E-state index contributed by atoms with van der Waals surface area (Å²) in [6, 6.07) is 0. The van der Waals surface area contributed by atoms with Crippen molar-refractivity contribution in [1.82, 2.24) is 0 Å². The summed E-state index contributed by atoms with van der Waals surface area (Å²) in [6.07, 6.45) is 1.12. The van der Waals surface area contributed by atoms with Crippen molar-refractivity contribution in [1.29, 1.82) is 0 Å². The number of hydrogen-bond donors (Lipinski definition) is 0. The van der Waals surface area contributed by atoms with Crippen LogP contribution in [0.5, 0.6) is 0 Å². The minimum atomic E-state index is -0.408. The van der Waals surface area contributed by atoms with E-state index in [-0.39, 0.29) is 5.01 Å². The van der Waals surface area contributed by atoms with Crippen molar-refractivity contribution in [2.24, 2.45) is 0 Å². The average Bonchev–Trinajstić information content (AvgIpc) is 1.65. The third-order valence-corrected chi connectivity index (χ3v) is 0.632. The second kappa shape index (κ2) is 3.66. The molecule has 0 saturated heterocycles. The number of carbonyl (C=O) groups is 1. The van der Waals surface area contributed by atoms with E-state index in [2.05, 4.69) is 27.2 Å². The van der Waals surface area contributed by atoms with Gasteiger partial charge in [-0.2, -0.15) is 0 Å². The Balaban J connectivity index is 3.39. The minimum Gasteiger partial charge on any atom is -0.448 e. The number of halogens is 1. The van der Waals surface area contributed by atoms with E-state index in [1.54, 1.807) is 6.92 Å². The van der Waals surface area contributed by atoms with Gasteiger partial charge in [-0.3, -0.25) is 0 Å². The molecule has 1 unspecified atom stereocenters. The minimum absolute atomic E-state index is 0.229. The first-order chi connectivity index (χ1) is 3.66. The van der Waals surface area contributed by atoms with Crippen LogP contribution >= 0.6 is 15.9 Å². The van der Waals surface area contributed by atoms with Crippen molar-refractivity contribution >= 4 is 21.9 Å². The van der Waals surface area contributed by atoms with E-state index in [4.69, 9.17) is 0 Å². The molecule has 0 N–H and O–H groups in total. The normalized spacial score (nSPS) is 12.2. The molecular weight excluding hydrogens is 172 g/mol. The van der Waals surface area contributed by atoms with E-state index >= 15 is 0 Å². The Morgan fingerprint density at radius 1 is 2.00 bits per heavy atom. The van der Waals surface area contributed by atoms with Gasteiger partial charge in [0.25, 0.3) is 0 Å². The van der Waals surface area contributed by atoms with Gasteiger partial charge in [0, 0.05) is 6.08 Å². The molecular formula is C5H7BrO2. The second-order valence-corrected chi connectivity index (χ2v) is 2.47. The summed E-state index contributed by atoms with van der Waals surface area (Å²) >= 11 is 3.02. The first-order valence-electron chi connectivity index (χ1n) is 2.14. The highest BCUT2D eigenvalue weighted by atomic mass is 79.9. The van der Waals surface area contributed by atoms with Crippen molar-refractivity contribution in [2.75, 3.05) is 0 Å². The molecule has 0 aliphatic carbocycles. The maximum absolute atomic E-state index is 10.3. The van der Waals surface area contributed by atoms with Gasteiger partial charge in [-0.15, -0.1) is 0 Å². The first kappa shape index (κ1) is 7.69. The Kier molecular flexibility index (Phi) is 3.52. The summed E-state index contributed by atoms with van der Waals surface area (Å²) in [6.45, 7) is 4.93. The van der Waals surface area contributed by atoms with Crippen LogP contribution in [0.4, 0.5) is 0 Å². The molecule has 0 rings (SSSR count). The Labute approximate surface area is 56.7 Å². The molecule has 0 heterocycles. The van der Waals surface area contributed by atoms with Gasteiger partial charge in [0.15, 0.2) is 5.01 Å². The van der Waals surface area contributed by atoms with Crippen LogP contribution in [0.2, 0.25) is 0 Å². The van der Waals surface area contributed by atoms with Gasteiger partial charge in [0.1, 0.15) is 0 Å². The quantitative estimate of drug-likeness (QED) is 0.364. The molecule has 3 heteroatoms. The van der Waals surface area contributed by atoms with Gasteiger partial charge in [-0.25, -0.2) is 4.79 Å². The SMILES string of the molecule is C=CC(=O)OC(C)Br. The molecule has 0 aromatic rings. The fourth-order valence-electron chi connectivity index (χ4n) is 0.208. The van der Waals surface area contributed by atoms with E-state index in [1.165, 1.54) is 0 Å². The van der Waals surface area contributed by atoms with Gasteiger partial charge in [0.2, 0.25) is 0 Å². The molecule has 0 amide bonds. The third-order valence-electron chi connectivity index (χ3n) is 0.445. The Morgan fingerprint density at radius 2 is 2.50 bits per heavy atom. The summed E-state index contributed by atoms with van der Waals surface area (Å²) in [5.41, 5.74) is 0. The standard InChI is InChI=1S/C5H7BrO2/c1-3-5(7)8-4(2)6/h3-4H,1H2,2H3. The molecule has 8 heavy (non-hydrogen) atoms. The van der Waals surface area contributed by atoms with Crippen LogP contribution in [0.3, 0.4) is 0 Å². The molecule has 0 aromatic carbocycles. The van der Waals surface area contributed by atoms with Crippen LogP contribution in [-0.2, 0) is 9.53 Å². The molecule has 0 radical (unpaired) electrons. The predicted molar refractivity (Wildman–Crippen MR) is 34.7 cm³/mol. The zero-order valence-corrected chi connectivity index (χ0v) is 6.14. The fraction of sp³-hybridized carbons (Fsp3) is 0.400. The summed E-state index contributed by atoms with van der Waals surface area (Å²) in [5.74, 6) is -0.408. The van der Waals surface area contributed by atoms with E-state index in [0.29, 0.717) is 0 Å². The topological polar surface area (TPSA) is 26.3 Å². The summed E-state index contributed by atoms with van der Waals surface area (Å²) in [7, 11) is 0. The van der Waals surface area contributed by atoms with E-state index in [1.807, 2.05) is 0 Å². The van der Waals surface area contributed by atoms with Gasteiger partial charge in [-0.05, 0) is 22.9 Å². The number of alkyl halides is 1. The van der Waals surface area contributed by atoms with E-state index in [0.717, 1.165) is 6.08 Å². The summed E-state index contributed by atoms with van der Waals surface area (Å²) in [5, 5.41) is -0.229. The van der Waals surface area contributed by atoms with Gasteiger partial charge < -0.3 is 4.74 Å². The molecule has 0 bridgehead atoms. The molecule has 46 valence electrons. The van der Waals surface area contributed by atoms with Crippen LogP contribution in [-0.4, -0.2) is 11.0 Å². The number of esters is 1. The van der Waals surface area contributed by atoms with Gasteiger partial charge in [0.05, 0.1) is 0 Å². The molecule has 0 saturated carbocycles. The Morgan fingerprint density at radius 3 is 2.62 bits per heavy atom. The van der Waals surface area contributed by atoms with E-state index < -0.39 is 5.97 Å². The number of rotatable bonds is 2. The lowest BCUT2D eigenvalue weighted by Gasteiger charge is -2.00. The highest BCUT2D eigenvalue weighted by Crippen LogP contribution is 1.98. The molecule has 0 spiro atoms. The largest absolute Gasteiger partial charge is 0.448 e. The van der Waals surface area contributed by atoms with Crippen LogP contribution in [0.15, 0.2) is 12.7 Å². The average molecular weight is 179 g/mol. The highest BCUT2D eigenvalue weighted by molar-refractivity contribution is 9.09. The van der Waals surface area contributed by atoms with Crippen LogP contribution in [0, 0.1) is 0 Å². The van der Waals surface area contributed by atoms with Crippen molar-refractivity contribution in [2.45, 2.75) is 11.9 Å². The van der Waals surface area contributed by atoms with Crippen molar-refractivity contribution in [3.05, 3.63) is 12.7 Å². The maximum Gasteiger partial charge on any atom is 0.331 e. The Hall–Kier alpha value is -0.310. The summed E-state index contributed by atoms with van der Waals surface area (Å²) in [4.78, 5) is 10.3. The van der Waals surface area contributed by atoms with Crippen molar-refractivity contribution in [3.63, 3.8) is 0 Å². The lowest BCUT2D eigenvalue weighted by Crippen LogP contribution is -2.04. The predicted octanol–water partition coefficient (Wildman–Crippen LogP) is 1.46. The first-order valence-corrected chi connectivity index (χ1v) is 3.05. The number of ether oxygens (including phenoxy) is 1. The molecule has 1 atom stereocenters. The molecule has 0 aliphatic heterocycles. The van der Waals surface area contributed by atoms with Crippen LogP contribution < -0.4 is 0 Å². The Bertz CT molecular complexity index is 98.6. The van der Waals surface area contributed by atoms with E-state index in [9.17, 15) is 4.79 Å². The zero-order chi connectivity index (χ0) is 6.57. The molecule has 0 aromatic heterocycles. The number of carbonyl (C=O) groups excluding carboxylic acids is 1. The lowest BCUT2D eigenvalue weighted by molar-refractivity contribution is -0.138. The second-order valence-electron chi connectivity index (χ2n) is 1.18.